The van der Waals surface area contributed by atoms with E-state index in [9.17, 15) is 5.11 Å². The molecule has 0 aliphatic rings. The first kappa shape index (κ1) is 132. The Hall–Kier alpha value is -0.240. The van der Waals surface area contributed by atoms with Gasteiger partial charge in [0.05, 0.1) is 12.2 Å². The zero-order valence-corrected chi connectivity index (χ0v) is 86.6. The van der Waals surface area contributed by atoms with Gasteiger partial charge in [0.15, 0.2) is 0 Å². The van der Waals surface area contributed by atoms with Crippen LogP contribution >= 0.6 is 0 Å². The van der Waals surface area contributed by atoms with Gasteiger partial charge >= 0.3 is 0 Å². The first-order chi connectivity index (χ1) is 59.4. The Labute approximate surface area is 768 Å². The molecule has 0 saturated heterocycles. The van der Waals surface area contributed by atoms with Crippen molar-refractivity contribution in [2.75, 3.05) is 26.4 Å². The van der Waals surface area contributed by atoms with Gasteiger partial charge in [-0.15, -0.1) is 0 Å². The lowest BCUT2D eigenvalue weighted by Gasteiger charge is -2.11. The van der Waals surface area contributed by atoms with Gasteiger partial charge < -0.3 is 30.6 Å². The molecule has 738 valence electrons. The number of hydrogen-bond acceptors (Lipinski definition) is 6. The second-order valence-corrected chi connectivity index (χ2v) is 39.7. The third-order valence-corrected chi connectivity index (χ3v) is 26.5. The molecule has 0 aromatic rings. The average molecular weight is 1720 g/mol. The number of unbranched alkanes of at least 4 members (excludes halogenated alkanes) is 80. The molecule has 0 radical (unpaired) electrons. The minimum absolute atomic E-state index is 0.0491. The first-order valence-electron chi connectivity index (χ1n) is 57.2. The maximum absolute atomic E-state index is 9.46. The van der Waals surface area contributed by atoms with E-state index in [1.54, 1.807) is 0 Å². The van der Waals surface area contributed by atoms with Crippen molar-refractivity contribution in [3.8, 4) is 0 Å². The smallest absolute Gasteiger partial charge is 0.0537 e. The third-order valence-electron chi connectivity index (χ3n) is 26.5. The van der Waals surface area contributed by atoms with Crippen molar-refractivity contribution in [2.45, 2.75) is 698 Å². The summed E-state index contributed by atoms with van der Waals surface area (Å²) in [6.07, 6.45) is 131. The topological polar surface area (TPSA) is 121 Å². The van der Waals surface area contributed by atoms with Gasteiger partial charge in [-0.1, -0.05) is 634 Å². The Bertz CT molecular complexity index is 1530. The van der Waals surface area contributed by atoms with E-state index in [-0.39, 0.29) is 12.2 Å². The standard InChI is InChI=1S/2C20H42O.3C19H40O.C18H38O/c1-3-20(4-2)18-16-14-12-10-8-6-5-7-9-11-13-15-17-19-21;1-3-5-6-7-8-9-10-11-12-13-14-15-16-17-18-19-20(21)4-2;1-19(2)17-15-13-11-9-7-5-3-4-6-8-10-12-14-16-18-20;1-3-19(2)17-15-13-11-9-7-5-4-6-8-10-12-14-16-18-20;1-3-4-5-6-7-8-9-10-11-12-13-14-15-16-17-18-19(2)20;1-2-3-4-5-6-7-8-9-10-11-12-13-14-15-16-17-18-19/h2*20-21H,3-19H2,1-2H3;3*19-20H,3-18H2,1-2H3;19H,2-18H2,1H3. The van der Waals surface area contributed by atoms with Crippen LogP contribution in [0.1, 0.15) is 686 Å². The van der Waals surface area contributed by atoms with E-state index in [1.807, 2.05) is 6.92 Å². The molecule has 0 aliphatic carbocycles. The molecule has 6 heteroatoms. The van der Waals surface area contributed by atoms with E-state index >= 15 is 0 Å². The van der Waals surface area contributed by atoms with Crippen molar-refractivity contribution in [3.05, 3.63) is 0 Å². The van der Waals surface area contributed by atoms with E-state index in [4.69, 9.17) is 25.5 Å². The molecule has 0 aromatic heterocycles. The van der Waals surface area contributed by atoms with Crippen LogP contribution in [-0.2, 0) is 0 Å². The van der Waals surface area contributed by atoms with Crippen LogP contribution in [-0.4, -0.2) is 69.3 Å². The molecule has 0 aromatic carbocycles. The Morgan fingerprint density at radius 1 is 0.149 bits per heavy atom. The van der Waals surface area contributed by atoms with Crippen molar-refractivity contribution in [1.82, 2.24) is 0 Å². The summed E-state index contributed by atoms with van der Waals surface area (Å²) in [6.45, 7) is 26.3. The van der Waals surface area contributed by atoms with Crippen LogP contribution in [0.2, 0.25) is 0 Å². The van der Waals surface area contributed by atoms with Gasteiger partial charge in [-0.2, -0.15) is 0 Å². The monoisotopic (exact) mass is 1720 g/mol. The largest absolute Gasteiger partial charge is 0.396 e. The zero-order valence-electron chi connectivity index (χ0n) is 86.6. The molecule has 0 bridgehead atoms. The van der Waals surface area contributed by atoms with Crippen LogP contribution in [0.3, 0.4) is 0 Å². The Balaban J connectivity index is -0.000000328. The molecule has 0 rings (SSSR count). The number of aliphatic hydroxyl groups excluding tert-OH is 6. The van der Waals surface area contributed by atoms with Gasteiger partial charge in [-0.05, 0) is 69.6 Å². The molecule has 0 saturated carbocycles. The molecule has 3 unspecified atom stereocenters. The van der Waals surface area contributed by atoms with Crippen LogP contribution in [0.15, 0.2) is 0 Å². The quantitative estimate of drug-likeness (QED) is 0.0338. The van der Waals surface area contributed by atoms with Crippen molar-refractivity contribution >= 4 is 0 Å². The molecule has 3 atom stereocenters. The summed E-state index contributed by atoms with van der Waals surface area (Å²) in [6, 6.07) is 0. The van der Waals surface area contributed by atoms with Crippen molar-refractivity contribution < 1.29 is 30.6 Å². The highest BCUT2D eigenvalue weighted by Gasteiger charge is 2.06. The second-order valence-electron chi connectivity index (χ2n) is 39.7. The van der Waals surface area contributed by atoms with Crippen LogP contribution in [0, 0.1) is 17.8 Å². The lowest BCUT2D eigenvalue weighted by Crippen LogP contribution is -2.03. The number of aliphatic hydroxyl groups is 6. The fourth-order valence-corrected chi connectivity index (χ4v) is 17.2. The van der Waals surface area contributed by atoms with Crippen LogP contribution in [0.4, 0.5) is 0 Å². The molecular weight excluding hydrogens is 1480 g/mol. The molecular formula is C115H242O6. The Morgan fingerprint density at radius 2 is 0.306 bits per heavy atom. The fourth-order valence-electron chi connectivity index (χ4n) is 17.2. The highest BCUT2D eigenvalue weighted by Crippen LogP contribution is 2.24. The summed E-state index contributed by atoms with van der Waals surface area (Å²) < 4.78 is 0. The van der Waals surface area contributed by atoms with Gasteiger partial charge in [0.2, 0.25) is 0 Å². The normalized spacial score (nSPS) is 12.0. The first-order valence-corrected chi connectivity index (χ1v) is 57.2. The lowest BCUT2D eigenvalue weighted by molar-refractivity contribution is 0.156. The Kier molecular flexibility index (Phi) is 142. The van der Waals surface area contributed by atoms with Crippen molar-refractivity contribution in [3.63, 3.8) is 0 Å². The number of rotatable bonds is 98. The van der Waals surface area contributed by atoms with Crippen LogP contribution in [0.25, 0.3) is 0 Å². The molecule has 0 heterocycles. The van der Waals surface area contributed by atoms with Gasteiger partial charge in [0.25, 0.3) is 0 Å². The van der Waals surface area contributed by atoms with E-state index in [0.717, 1.165) is 62.7 Å². The summed E-state index contributed by atoms with van der Waals surface area (Å²) in [7, 11) is 0. The fraction of sp³-hybridized carbons (Fsp3) is 1.00. The van der Waals surface area contributed by atoms with E-state index in [2.05, 4.69) is 69.2 Å². The highest BCUT2D eigenvalue weighted by molar-refractivity contribution is 4.61. The highest BCUT2D eigenvalue weighted by atomic mass is 16.3. The SMILES string of the molecule is CC(C)CCCCCCCCCCCCCCCCO.CCC(C)CCCCCCCCCCCCCCCO.CCC(CC)CCCCCCCCCCCCCCCO.CCCCCCCCCCCCCCCCCC(C)O.CCCCCCCCCCCCCCCCCC(O)CC.CCCCCCCCCCCCCCCCCCO. The molecule has 0 amide bonds. The molecule has 0 aliphatic heterocycles. The minimum atomic E-state index is -0.100. The van der Waals surface area contributed by atoms with Gasteiger partial charge in [-0.3, -0.25) is 0 Å². The van der Waals surface area contributed by atoms with Crippen molar-refractivity contribution in [1.29, 1.82) is 0 Å². The Morgan fingerprint density at radius 3 is 0.463 bits per heavy atom. The minimum Gasteiger partial charge on any atom is -0.396 e. The average Bonchev–Trinajstić information content (AvgIpc) is 1.09. The van der Waals surface area contributed by atoms with Gasteiger partial charge in [0, 0.05) is 26.4 Å². The van der Waals surface area contributed by atoms with Gasteiger partial charge in [0.1, 0.15) is 0 Å². The molecule has 6 N–H and O–H groups in total. The maximum atomic E-state index is 9.46. The van der Waals surface area contributed by atoms with Crippen molar-refractivity contribution in [2.24, 2.45) is 17.8 Å². The third kappa shape index (κ3) is 146. The molecule has 6 nitrogen and oxygen atoms in total. The van der Waals surface area contributed by atoms with Crippen LogP contribution in [0.5, 0.6) is 0 Å². The predicted octanol–water partition coefficient (Wildman–Crippen LogP) is 39.7. The zero-order chi connectivity index (χ0) is 89.9. The van der Waals surface area contributed by atoms with E-state index in [0.29, 0.717) is 26.4 Å². The van der Waals surface area contributed by atoms with E-state index < -0.39 is 0 Å². The predicted molar refractivity (Wildman–Crippen MR) is 552 cm³/mol. The lowest BCUT2D eigenvalue weighted by atomic mass is 9.95. The maximum Gasteiger partial charge on any atom is 0.0537 e. The summed E-state index contributed by atoms with van der Waals surface area (Å²) in [4.78, 5) is 0. The van der Waals surface area contributed by atoms with Crippen LogP contribution < -0.4 is 0 Å². The molecule has 0 spiro atoms. The molecule has 121 heavy (non-hydrogen) atoms. The van der Waals surface area contributed by atoms with E-state index in [1.165, 1.54) is 565 Å². The summed E-state index contributed by atoms with van der Waals surface area (Å²) in [5, 5.41) is 53.3. The summed E-state index contributed by atoms with van der Waals surface area (Å²) in [5.41, 5.74) is 0. The second kappa shape index (κ2) is 131. The molecule has 0 fully saturated rings. The number of hydrogen-bond donors (Lipinski definition) is 6. The summed E-state index contributed by atoms with van der Waals surface area (Å²) >= 11 is 0. The summed E-state index contributed by atoms with van der Waals surface area (Å²) in [5.74, 6) is 2.81. The van der Waals surface area contributed by atoms with Gasteiger partial charge in [-0.25, -0.2) is 0 Å².